The number of piperazine rings is 1. The maximum atomic E-state index is 12.1. The van der Waals surface area contributed by atoms with Crippen LogP contribution in [0.25, 0.3) is 0 Å². The van der Waals surface area contributed by atoms with Crippen molar-refractivity contribution in [3.63, 3.8) is 0 Å². The number of carbonyl (C=O) groups excluding carboxylic acids is 1. The van der Waals surface area contributed by atoms with Gasteiger partial charge in [-0.25, -0.2) is 9.99 Å². The Kier molecular flexibility index (Phi) is 4.55. The Labute approximate surface area is 119 Å². The molecular formula is C11H14BrClN4O. The van der Waals surface area contributed by atoms with Gasteiger partial charge in [0.2, 0.25) is 0 Å². The topological polar surface area (TPSA) is 48.5 Å². The molecule has 1 amide bonds. The second-order valence-electron chi connectivity index (χ2n) is 4.22. The molecule has 7 heteroatoms. The van der Waals surface area contributed by atoms with Crippen LogP contribution in [0.3, 0.4) is 0 Å². The standard InChI is InChI=1S/C11H14BrClN4O/c1-16-2-4-17(5-3-16)15-11(18)9-6-8(12)7-14-10(9)13/h6-7H,2-5H2,1H3,(H,15,18). The molecule has 1 N–H and O–H groups in total. The molecule has 0 spiro atoms. The van der Waals surface area contributed by atoms with E-state index >= 15 is 0 Å². The number of halogens is 2. The fourth-order valence-corrected chi connectivity index (χ4v) is 2.22. The lowest BCUT2D eigenvalue weighted by Crippen LogP contribution is -2.52. The third-order valence-corrected chi connectivity index (χ3v) is 3.55. The summed E-state index contributed by atoms with van der Waals surface area (Å²) in [5, 5.41) is 2.12. The third-order valence-electron chi connectivity index (χ3n) is 2.81. The van der Waals surface area contributed by atoms with Crippen molar-refractivity contribution in [1.82, 2.24) is 20.3 Å². The number of hydrogen-bond acceptors (Lipinski definition) is 4. The first kappa shape index (κ1) is 13.7. The zero-order valence-corrected chi connectivity index (χ0v) is 12.3. The van der Waals surface area contributed by atoms with E-state index < -0.39 is 0 Å². The minimum Gasteiger partial charge on any atom is -0.304 e. The molecule has 1 fully saturated rings. The molecule has 0 radical (unpaired) electrons. The van der Waals surface area contributed by atoms with E-state index in [1.807, 2.05) is 5.01 Å². The van der Waals surface area contributed by atoms with Gasteiger partial charge >= 0.3 is 0 Å². The van der Waals surface area contributed by atoms with Crippen molar-refractivity contribution in [3.8, 4) is 0 Å². The third kappa shape index (κ3) is 3.41. The van der Waals surface area contributed by atoms with E-state index in [0.29, 0.717) is 5.56 Å². The summed E-state index contributed by atoms with van der Waals surface area (Å²) in [5.74, 6) is -0.224. The van der Waals surface area contributed by atoms with E-state index in [9.17, 15) is 4.79 Å². The van der Waals surface area contributed by atoms with E-state index in [4.69, 9.17) is 11.6 Å². The van der Waals surface area contributed by atoms with Gasteiger partial charge in [-0.2, -0.15) is 0 Å². The lowest BCUT2D eigenvalue weighted by atomic mass is 10.3. The summed E-state index contributed by atoms with van der Waals surface area (Å²) < 4.78 is 0.732. The number of rotatable bonds is 2. The fourth-order valence-electron chi connectivity index (χ4n) is 1.70. The molecule has 5 nitrogen and oxygen atoms in total. The number of aromatic nitrogens is 1. The van der Waals surface area contributed by atoms with Gasteiger partial charge in [0.1, 0.15) is 5.15 Å². The number of likely N-dealkylation sites (N-methyl/N-ethyl adjacent to an activating group) is 1. The number of nitrogens with zero attached hydrogens (tertiary/aromatic N) is 3. The molecule has 2 rings (SSSR count). The molecule has 1 aromatic rings. The highest BCUT2D eigenvalue weighted by Gasteiger charge is 2.18. The number of carbonyl (C=O) groups is 1. The minimum atomic E-state index is -0.224. The highest BCUT2D eigenvalue weighted by molar-refractivity contribution is 9.10. The second-order valence-corrected chi connectivity index (χ2v) is 5.50. The van der Waals surface area contributed by atoms with Gasteiger partial charge < -0.3 is 4.90 Å². The predicted molar refractivity (Wildman–Crippen MR) is 73.5 cm³/mol. The van der Waals surface area contributed by atoms with Gasteiger partial charge in [0.05, 0.1) is 5.56 Å². The fraction of sp³-hybridized carbons (Fsp3) is 0.455. The van der Waals surface area contributed by atoms with Crippen LogP contribution in [0.1, 0.15) is 10.4 Å². The molecule has 1 saturated heterocycles. The Balaban J connectivity index is 2.01. The molecule has 0 bridgehead atoms. The number of hydrogen-bond donors (Lipinski definition) is 1. The van der Waals surface area contributed by atoms with Crippen LogP contribution in [-0.4, -0.2) is 54.0 Å². The number of hydrazine groups is 1. The van der Waals surface area contributed by atoms with Crippen LogP contribution in [-0.2, 0) is 0 Å². The predicted octanol–water partition coefficient (Wildman–Crippen LogP) is 1.39. The van der Waals surface area contributed by atoms with E-state index in [2.05, 4.69) is 38.3 Å². The van der Waals surface area contributed by atoms with E-state index in [1.165, 1.54) is 0 Å². The minimum absolute atomic E-state index is 0.213. The van der Waals surface area contributed by atoms with Crippen molar-refractivity contribution < 1.29 is 4.79 Å². The van der Waals surface area contributed by atoms with E-state index in [-0.39, 0.29) is 11.1 Å². The van der Waals surface area contributed by atoms with Crippen molar-refractivity contribution in [2.45, 2.75) is 0 Å². The van der Waals surface area contributed by atoms with E-state index in [0.717, 1.165) is 30.7 Å². The Hall–Kier alpha value is -0.690. The molecule has 0 aliphatic carbocycles. The molecular weight excluding hydrogens is 320 g/mol. The van der Waals surface area contributed by atoms with Gasteiger partial charge in [-0.05, 0) is 29.0 Å². The SMILES string of the molecule is CN1CCN(NC(=O)c2cc(Br)cnc2Cl)CC1. The van der Waals surface area contributed by atoms with Gasteiger partial charge in [0, 0.05) is 36.8 Å². The number of nitrogens with one attached hydrogen (secondary N) is 1. The van der Waals surface area contributed by atoms with Gasteiger partial charge in [0.25, 0.3) is 5.91 Å². The Bertz CT molecular complexity index is 449. The molecule has 98 valence electrons. The van der Waals surface area contributed by atoms with Crippen LogP contribution in [0.5, 0.6) is 0 Å². The highest BCUT2D eigenvalue weighted by Crippen LogP contribution is 2.18. The zero-order valence-electron chi connectivity index (χ0n) is 9.99. The molecule has 0 aromatic carbocycles. The lowest BCUT2D eigenvalue weighted by Gasteiger charge is -2.32. The summed E-state index contributed by atoms with van der Waals surface area (Å²) in [4.78, 5) is 18.2. The second kappa shape index (κ2) is 5.97. The van der Waals surface area contributed by atoms with Gasteiger partial charge in [0.15, 0.2) is 0 Å². The quantitative estimate of drug-likeness (QED) is 0.831. The zero-order chi connectivity index (χ0) is 13.1. The largest absolute Gasteiger partial charge is 0.304 e. The maximum absolute atomic E-state index is 12.1. The normalized spacial score (nSPS) is 17.7. The van der Waals surface area contributed by atoms with Gasteiger partial charge in [-0.15, -0.1) is 0 Å². The van der Waals surface area contributed by atoms with Crippen LogP contribution < -0.4 is 5.43 Å². The molecule has 1 aromatic heterocycles. The van der Waals surface area contributed by atoms with E-state index in [1.54, 1.807) is 12.3 Å². The van der Waals surface area contributed by atoms with Crippen LogP contribution in [0, 0.1) is 0 Å². The van der Waals surface area contributed by atoms with Gasteiger partial charge in [-0.1, -0.05) is 11.6 Å². The molecule has 2 heterocycles. The summed E-state index contributed by atoms with van der Waals surface area (Å²) in [7, 11) is 2.06. The first-order chi connectivity index (χ1) is 8.56. The molecule has 0 saturated carbocycles. The Morgan fingerprint density at radius 3 is 2.78 bits per heavy atom. The molecule has 0 unspecified atom stereocenters. The summed E-state index contributed by atoms with van der Waals surface area (Å²) >= 11 is 9.19. The summed E-state index contributed by atoms with van der Waals surface area (Å²) in [6.07, 6.45) is 1.56. The maximum Gasteiger partial charge on any atom is 0.268 e. The molecule has 0 atom stereocenters. The van der Waals surface area contributed by atoms with Crippen molar-refractivity contribution in [2.75, 3.05) is 33.2 Å². The van der Waals surface area contributed by atoms with Crippen molar-refractivity contribution >= 4 is 33.4 Å². The van der Waals surface area contributed by atoms with Crippen LogP contribution in [0.2, 0.25) is 5.15 Å². The molecule has 18 heavy (non-hydrogen) atoms. The summed E-state index contributed by atoms with van der Waals surface area (Å²) in [5.41, 5.74) is 3.23. The van der Waals surface area contributed by atoms with Crippen LogP contribution >= 0.6 is 27.5 Å². The van der Waals surface area contributed by atoms with Gasteiger partial charge in [-0.3, -0.25) is 10.2 Å². The average molecular weight is 334 g/mol. The summed E-state index contributed by atoms with van der Waals surface area (Å²) in [6, 6.07) is 1.67. The van der Waals surface area contributed by atoms with Crippen LogP contribution in [0.4, 0.5) is 0 Å². The monoisotopic (exact) mass is 332 g/mol. The molecule has 1 aliphatic heterocycles. The van der Waals surface area contributed by atoms with Crippen molar-refractivity contribution in [2.24, 2.45) is 0 Å². The summed E-state index contributed by atoms with van der Waals surface area (Å²) in [6.45, 7) is 3.48. The smallest absolute Gasteiger partial charge is 0.268 e. The highest BCUT2D eigenvalue weighted by atomic mass is 79.9. The average Bonchev–Trinajstić information content (AvgIpc) is 2.35. The number of amides is 1. The van der Waals surface area contributed by atoms with Crippen LogP contribution in [0.15, 0.2) is 16.7 Å². The van der Waals surface area contributed by atoms with Crippen molar-refractivity contribution in [1.29, 1.82) is 0 Å². The first-order valence-electron chi connectivity index (χ1n) is 5.62. The Morgan fingerprint density at radius 1 is 1.44 bits per heavy atom. The Morgan fingerprint density at radius 2 is 2.11 bits per heavy atom. The number of pyridine rings is 1. The lowest BCUT2D eigenvalue weighted by molar-refractivity contribution is 0.0662. The first-order valence-corrected chi connectivity index (χ1v) is 6.79. The van der Waals surface area contributed by atoms with Crippen molar-refractivity contribution in [3.05, 3.63) is 27.5 Å². The molecule has 1 aliphatic rings.